The Labute approximate surface area is 108 Å². The van der Waals surface area contributed by atoms with E-state index in [4.69, 9.17) is 0 Å². The maximum absolute atomic E-state index is 11.4. The highest BCUT2D eigenvalue weighted by atomic mass is 32.2. The fourth-order valence-electron chi connectivity index (χ4n) is 1.71. The molecule has 0 N–H and O–H groups in total. The zero-order chi connectivity index (χ0) is 13.2. The molecule has 0 saturated carbocycles. The summed E-state index contributed by atoms with van der Waals surface area (Å²) in [5, 5.41) is 0. The van der Waals surface area contributed by atoms with E-state index in [2.05, 4.69) is 6.58 Å². The first kappa shape index (κ1) is 12.6. The minimum atomic E-state index is -3.14. The lowest BCUT2D eigenvalue weighted by molar-refractivity contribution is 0.602. The van der Waals surface area contributed by atoms with Crippen LogP contribution < -0.4 is 0 Å². The van der Waals surface area contributed by atoms with Gasteiger partial charge in [-0.2, -0.15) is 0 Å². The van der Waals surface area contributed by atoms with E-state index in [1.54, 1.807) is 24.3 Å². The molecule has 0 unspecified atom stereocenters. The van der Waals surface area contributed by atoms with E-state index in [-0.39, 0.29) is 0 Å². The molecular weight excluding hydrogens is 244 g/mol. The summed E-state index contributed by atoms with van der Waals surface area (Å²) in [4.78, 5) is 0.326. The highest BCUT2D eigenvalue weighted by molar-refractivity contribution is 7.90. The van der Waals surface area contributed by atoms with Crippen molar-refractivity contribution in [1.29, 1.82) is 0 Å². The zero-order valence-corrected chi connectivity index (χ0v) is 10.9. The number of benzene rings is 2. The molecule has 0 fully saturated rings. The summed E-state index contributed by atoms with van der Waals surface area (Å²) in [6.07, 6.45) is 1.20. The van der Waals surface area contributed by atoms with Gasteiger partial charge in [-0.05, 0) is 28.8 Å². The molecule has 0 heterocycles. The van der Waals surface area contributed by atoms with Crippen LogP contribution in [0.4, 0.5) is 0 Å². The summed E-state index contributed by atoms with van der Waals surface area (Å²) in [5.41, 5.74) is 2.84. The third kappa shape index (κ3) is 2.68. The molecule has 0 amide bonds. The molecule has 0 aliphatic carbocycles. The summed E-state index contributed by atoms with van der Waals surface area (Å²) < 4.78 is 22.7. The smallest absolute Gasteiger partial charge is 0.175 e. The van der Waals surface area contributed by atoms with Gasteiger partial charge in [0.15, 0.2) is 9.84 Å². The van der Waals surface area contributed by atoms with Crippen LogP contribution in [0, 0.1) is 0 Å². The molecule has 0 aromatic heterocycles. The van der Waals surface area contributed by atoms with Crippen LogP contribution in [0.3, 0.4) is 0 Å². The molecule has 0 spiro atoms. The van der Waals surface area contributed by atoms with Crippen LogP contribution in [-0.4, -0.2) is 14.7 Å². The van der Waals surface area contributed by atoms with E-state index in [9.17, 15) is 8.42 Å². The van der Waals surface area contributed by atoms with Crippen molar-refractivity contribution < 1.29 is 8.42 Å². The molecule has 0 aliphatic heterocycles. The molecule has 3 heteroatoms. The number of sulfone groups is 1. The lowest BCUT2D eigenvalue weighted by atomic mass is 10.00. The SMILES string of the molecule is C=C(c1ccccc1)c1ccc(S(C)(=O)=O)cc1. The quantitative estimate of drug-likeness (QED) is 0.847. The number of hydrogen-bond donors (Lipinski definition) is 0. The van der Waals surface area contributed by atoms with Crippen LogP contribution in [0.1, 0.15) is 11.1 Å². The molecule has 18 heavy (non-hydrogen) atoms. The van der Waals surface area contributed by atoms with Crippen LogP contribution >= 0.6 is 0 Å². The summed E-state index contributed by atoms with van der Waals surface area (Å²) >= 11 is 0. The minimum Gasteiger partial charge on any atom is -0.224 e. The molecule has 0 atom stereocenters. The van der Waals surface area contributed by atoms with Crippen molar-refractivity contribution in [2.45, 2.75) is 4.90 Å². The van der Waals surface area contributed by atoms with Gasteiger partial charge in [0.2, 0.25) is 0 Å². The van der Waals surface area contributed by atoms with E-state index in [1.165, 1.54) is 6.26 Å². The van der Waals surface area contributed by atoms with Gasteiger partial charge in [0.05, 0.1) is 4.90 Å². The van der Waals surface area contributed by atoms with Crippen molar-refractivity contribution in [3.8, 4) is 0 Å². The first-order valence-electron chi connectivity index (χ1n) is 5.53. The van der Waals surface area contributed by atoms with Gasteiger partial charge in [0.25, 0.3) is 0 Å². The molecule has 92 valence electrons. The number of hydrogen-bond acceptors (Lipinski definition) is 2. The van der Waals surface area contributed by atoms with Crippen LogP contribution in [0.5, 0.6) is 0 Å². The molecule has 0 bridgehead atoms. The Morgan fingerprint density at radius 2 is 1.39 bits per heavy atom. The highest BCUT2D eigenvalue weighted by Gasteiger charge is 2.07. The van der Waals surface area contributed by atoms with E-state index in [1.807, 2.05) is 30.3 Å². The van der Waals surface area contributed by atoms with Crippen molar-refractivity contribution in [2.24, 2.45) is 0 Å². The average molecular weight is 258 g/mol. The lowest BCUT2D eigenvalue weighted by Crippen LogP contribution is -1.97. The second-order valence-corrected chi connectivity index (χ2v) is 6.16. The van der Waals surface area contributed by atoms with Crippen molar-refractivity contribution in [3.05, 3.63) is 72.3 Å². The Morgan fingerprint density at radius 1 is 0.889 bits per heavy atom. The largest absolute Gasteiger partial charge is 0.224 e. The molecule has 0 aliphatic rings. The van der Waals surface area contributed by atoms with Gasteiger partial charge in [-0.15, -0.1) is 0 Å². The van der Waals surface area contributed by atoms with Crippen molar-refractivity contribution in [3.63, 3.8) is 0 Å². The Morgan fingerprint density at radius 3 is 1.89 bits per heavy atom. The normalized spacial score (nSPS) is 11.2. The summed E-state index contributed by atoms with van der Waals surface area (Å²) in [5.74, 6) is 0. The van der Waals surface area contributed by atoms with Crippen LogP contribution in [-0.2, 0) is 9.84 Å². The molecule has 2 aromatic carbocycles. The molecule has 0 saturated heterocycles. The zero-order valence-electron chi connectivity index (χ0n) is 10.1. The second kappa shape index (κ2) is 4.78. The van der Waals surface area contributed by atoms with E-state index in [0.29, 0.717) is 4.90 Å². The Balaban J connectivity index is 2.34. The Hall–Kier alpha value is -1.87. The Bertz CT molecular complexity index is 653. The maximum Gasteiger partial charge on any atom is 0.175 e. The van der Waals surface area contributed by atoms with Crippen LogP contribution in [0.25, 0.3) is 5.57 Å². The van der Waals surface area contributed by atoms with Crippen molar-refractivity contribution in [2.75, 3.05) is 6.26 Å². The van der Waals surface area contributed by atoms with E-state index in [0.717, 1.165) is 16.7 Å². The molecule has 2 aromatic rings. The summed E-state index contributed by atoms with van der Waals surface area (Å²) in [6.45, 7) is 4.04. The third-order valence-corrected chi connectivity index (χ3v) is 3.88. The first-order valence-corrected chi connectivity index (χ1v) is 7.42. The van der Waals surface area contributed by atoms with Crippen LogP contribution in [0.2, 0.25) is 0 Å². The maximum atomic E-state index is 11.4. The standard InChI is InChI=1S/C15H14O2S/c1-12(13-6-4-3-5-7-13)14-8-10-15(11-9-14)18(2,16)17/h3-11H,1H2,2H3. The third-order valence-electron chi connectivity index (χ3n) is 2.75. The van der Waals surface area contributed by atoms with Crippen molar-refractivity contribution in [1.82, 2.24) is 0 Å². The van der Waals surface area contributed by atoms with Gasteiger partial charge in [0, 0.05) is 6.26 Å². The topological polar surface area (TPSA) is 34.1 Å². The van der Waals surface area contributed by atoms with Crippen molar-refractivity contribution >= 4 is 15.4 Å². The van der Waals surface area contributed by atoms with Gasteiger partial charge in [0.1, 0.15) is 0 Å². The predicted molar refractivity (Wildman–Crippen MR) is 74.1 cm³/mol. The lowest BCUT2D eigenvalue weighted by Gasteiger charge is -2.07. The van der Waals surface area contributed by atoms with Gasteiger partial charge >= 0.3 is 0 Å². The first-order chi connectivity index (χ1) is 8.48. The fourth-order valence-corrected chi connectivity index (χ4v) is 2.34. The average Bonchev–Trinajstić information content (AvgIpc) is 2.38. The predicted octanol–water partition coefficient (Wildman–Crippen LogP) is 3.15. The molecule has 2 rings (SSSR count). The minimum absolute atomic E-state index is 0.326. The summed E-state index contributed by atoms with van der Waals surface area (Å²) in [6, 6.07) is 16.6. The van der Waals surface area contributed by atoms with Gasteiger partial charge in [-0.3, -0.25) is 0 Å². The molecular formula is C15H14O2S. The molecule has 2 nitrogen and oxygen atoms in total. The monoisotopic (exact) mass is 258 g/mol. The van der Waals surface area contributed by atoms with Gasteiger partial charge in [-0.25, -0.2) is 8.42 Å². The van der Waals surface area contributed by atoms with Crippen LogP contribution in [0.15, 0.2) is 66.1 Å². The molecule has 0 radical (unpaired) electrons. The fraction of sp³-hybridized carbons (Fsp3) is 0.0667. The van der Waals surface area contributed by atoms with Gasteiger partial charge < -0.3 is 0 Å². The Kier molecular flexibility index (Phi) is 3.34. The summed E-state index contributed by atoms with van der Waals surface area (Å²) in [7, 11) is -3.14. The number of rotatable bonds is 3. The van der Waals surface area contributed by atoms with E-state index < -0.39 is 9.84 Å². The van der Waals surface area contributed by atoms with Gasteiger partial charge in [-0.1, -0.05) is 49.0 Å². The van der Waals surface area contributed by atoms with E-state index >= 15 is 0 Å². The second-order valence-electron chi connectivity index (χ2n) is 4.14. The highest BCUT2D eigenvalue weighted by Crippen LogP contribution is 2.22.